The Balaban J connectivity index is 1.67. The first-order valence-electron chi connectivity index (χ1n) is 9.94. The van der Waals surface area contributed by atoms with Gasteiger partial charge in [-0.1, -0.05) is 55.7 Å². The molecule has 0 radical (unpaired) electrons. The van der Waals surface area contributed by atoms with Crippen LogP contribution in [0.2, 0.25) is 0 Å². The Morgan fingerprint density at radius 3 is 2.73 bits per heavy atom. The number of hydrogen-bond donors (Lipinski definition) is 1. The topological polar surface area (TPSA) is 76.9 Å². The molecule has 0 spiro atoms. The molecule has 2 aromatic heterocycles. The Morgan fingerprint density at radius 1 is 1.13 bits per heavy atom. The molecule has 4 aromatic rings. The van der Waals surface area contributed by atoms with Crippen LogP contribution in [0.15, 0.2) is 47.3 Å². The number of thiazole rings is 1. The predicted octanol–water partition coefficient (Wildman–Crippen LogP) is 4.98. The van der Waals surface area contributed by atoms with Crippen molar-refractivity contribution in [3.05, 3.63) is 64.3 Å². The van der Waals surface area contributed by atoms with E-state index in [1.807, 2.05) is 0 Å². The second-order valence-electron chi connectivity index (χ2n) is 7.07. The van der Waals surface area contributed by atoms with E-state index in [1.54, 1.807) is 30.3 Å². The highest BCUT2D eigenvalue weighted by atomic mass is 32.1. The number of hydrogen-bond acceptors (Lipinski definition) is 5. The molecule has 0 aliphatic heterocycles. The summed E-state index contributed by atoms with van der Waals surface area (Å²) in [5.41, 5.74) is 0.579. The third kappa shape index (κ3) is 4.09. The number of halogens is 1. The lowest BCUT2D eigenvalue weighted by Crippen LogP contribution is -2.27. The first-order chi connectivity index (χ1) is 14.6. The minimum atomic E-state index is -0.451. The van der Waals surface area contributed by atoms with E-state index >= 15 is 0 Å². The first kappa shape index (κ1) is 20.2. The van der Waals surface area contributed by atoms with E-state index < -0.39 is 5.91 Å². The molecule has 0 saturated carbocycles. The summed E-state index contributed by atoms with van der Waals surface area (Å²) in [5.74, 6) is -0.806. The quantitative estimate of drug-likeness (QED) is 0.425. The third-order valence-electron chi connectivity index (χ3n) is 4.88. The Kier molecular flexibility index (Phi) is 5.85. The van der Waals surface area contributed by atoms with Gasteiger partial charge in [0.2, 0.25) is 0 Å². The largest absolute Gasteiger partial charge is 0.296 e. The Bertz CT molecular complexity index is 1280. The molecule has 1 amide bonds. The first-order valence-corrected chi connectivity index (χ1v) is 10.8. The number of benzene rings is 2. The van der Waals surface area contributed by atoms with E-state index in [1.165, 1.54) is 28.2 Å². The number of carbonyl (C=O) groups excluding carboxylic acids is 1. The van der Waals surface area contributed by atoms with Gasteiger partial charge in [-0.15, -0.1) is 0 Å². The van der Waals surface area contributed by atoms with E-state index in [0.717, 1.165) is 25.7 Å². The lowest BCUT2D eigenvalue weighted by Gasteiger charge is -2.10. The number of fused-ring (bicyclic) bond motifs is 2. The van der Waals surface area contributed by atoms with E-state index in [-0.39, 0.29) is 17.1 Å². The van der Waals surface area contributed by atoms with E-state index in [0.29, 0.717) is 32.7 Å². The molecule has 154 valence electrons. The van der Waals surface area contributed by atoms with Gasteiger partial charge in [-0.05, 0) is 30.7 Å². The fraction of sp³-hybridized carbons (Fsp3) is 0.273. The Hall–Kier alpha value is -3.13. The van der Waals surface area contributed by atoms with Crippen LogP contribution in [0.25, 0.3) is 21.0 Å². The molecule has 0 bridgehead atoms. The minimum Gasteiger partial charge on any atom is -0.296 e. The average Bonchev–Trinajstić information content (AvgIpc) is 3.13. The maximum Gasteiger partial charge on any atom is 0.278 e. The summed E-state index contributed by atoms with van der Waals surface area (Å²) in [6.45, 7) is 2.59. The van der Waals surface area contributed by atoms with Crippen molar-refractivity contribution in [3.63, 3.8) is 0 Å². The molecule has 30 heavy (non-hydrogen) atoms. The lowest BCUT2D eigenvalue weighted by molar-refractivity contribution is 0.102. The monoisotopic (exact) mass is 424 g/mol. The predicted molar refractivity (Wildman–Crippen MR) is 118 cm³/mol. The second-order valence-corrected chi connectivity index (χ2v) is 8.10. The van der Waals surface area contributed by atoms with E-state index in [4.69, 9.17) is 0 Å². The summed E-state index contributed by atoms with van der Waals surface area (Å²) in [5, 5.41) is 8.43. The number of nitrogens with zero attached hydrogens (tertiary/aromatic N) is 3. The highest BCUT2D eigenvalue weighted by Crippen LogP contribution is 2.27. The summed E-state index contributed by atoms with van der Waals surface area (Å²) in [4.78, 5) is 30.1. The Labute approximate surface area is 176 Å². The van der Waals surface area contributed by atoms with Gasteiger partial charge in [0, 0.05) is 11.9 Å². The average molecular weight is 425 g/mol. The molecule has 0 unspecified atom stereocenters. The maximum atomic E-state index is 13.4. The van der Waals surface area contributed by atoms with E-state index in [2.05, 4.69) is 22.3 Å². The van der Waals surface area contributed by atoms with Crippen molar-refractivity contribution in [2.45, 2.75) is 39.2 Å². The van der Waals surface area contributed by atoms with E-state index in [9.17, 15) is 14.0 Å². The third-order valence-corrected chi connectivity index (χ3v) is 5.81. The molecule has 2 aromatic carbocycles. The minimum absolute atomic E-state index is 0.172. The lowest BCUT2D eigenvalue weighted by atomic mass is 10.1. The van der Waals surface area contributed by atoms with Crippen LogP contribution in [0.3, 0.4) is 0 Å². The van der Waals surface area contributed by atoms with Gasteiger partial charge in [-0.25, -0.2) is 14.1 Å². The van der Waals surface area contributed by atoms with Gasteiger partial charge in [0.1, 0.15) is 5.82 Å². The number of aromatic nitrogens is 3. The molecule has 6 nitrogen and oxygen atoms in total. The Morgan fingerprint density at radius 2 is 1.93 bits per heavy atom. The molecule has 4 rings (SSSR count). The van der Waals surface area contributed by atoms with Crippen LogP contribution < -0.4 is 10.9 Å². The van der Waals surface area contributed by atoms with Crippen LogP contribution in [0.4, 0.5) is 9.52 Å². The molecule has 2 heterocycles. The van der Waals surface area contributed by atoms with Crippen LogP contribution in [0.1, 0.15) is 43.1 Å². The number of anilines is 1. The van der Waals surface area contributed by atoms with Gasteiger partial charge in [-0.3, -0.25) is 14.9 Å². The van der Waals surface area contributed by atoms with Gasteiger partial charge in [-0.2, -0.15) is 5.10 Å². The fourth-order valence-corrected chi connectivity index (χ4v) is 4.24. The zero-order valence-electron chi connectivity index (χ0n) is 16.5. The van der Waals surface area contributed by atoms with Gasteiger partial charge >= 0.3 is 0 Å². The van der Waals surface area contributed by atoms with Gasteiger partial charge in [0.15, 0.2) is 10.8 Å². The zero-order valence-corrected chi connectivity index (χ0v) is 17.3. The molecule has 0 fully saturated rings. The van der Waals surface area contributed by atoms with Crippen molar-refractivity contribution >= 4 is 43.4 Å². The maximum absolute atomic E-state index is 13.4. The highest BCUT2D eigenvalue weighted by molar-refractivity contribution is 7.22. The summed E-state index contributed by atoms with van der Waals surface area (Å²) < 4.78 is 15.4. The highest BCUT2D eigenvalue weighted by Gasteiger charge is 2.18. The molecule has 0 saturated heterocycles. The standard InChI is InChI=1S/C22H21FN4O2S/c1-2-3-4-7-12-27-21(29)16-9-6-5-8-15(16)19(26-27)20(28)25-22-24-17-11-10-14(23)13-18(17)30-22/h5-6,8-11,13H,2-4,7,12H2,1H3,(H,24,25,28). The van der Waals surface area contributed by atoms with Crippen LogP contribution in [-0.4, -0.2) is 20.7 Å². The second kappa shape index (κ2) is 8.71. The smallest absolute Gasteiger partial charge is 0.278 e. The molecule has 0 aliphatic rings. The van der Waals surface area contributed by atoms with Crippen LogP contribution in [0.5, 0.6) is 0 Å². The van der Waals surface area contributed by atoms with Crippen molar-refractivity contribution in [3.8, 4) is 0 Å². The fourth-order valence-electron chi connectivity index (χ4n) is 3.35. The van der Waals surface area contributed by atoms with Gasteiger partial charge in [0.05, 0.1) is 15.6 Å². The molecule has 0 aliphatic carbocycles. The van der Waals surface area contributed by atoms with Crippen molar-refractivity contribution in [2.24, 2.45) is 0 Å². The van der Waals surface area contributed by atoms with Crippen molar-refractivity contribution in [1.82, 2.24) is 14.8 Å². The normalized spacial score (nSPS) is 11.3. The van der Waals surface area contributed by atoms with Crippen LogP contribution >= 0.6 is 11.3 Å². The van der Waals surface area contributed by atoms with Crippen molar-refractivity contribution in [2.75, 3.05) is 5.32 Å². The molecule has 8 heteroatoms. The number of aryl methyl sites for hydroxylation is 1. The van der Waals surface area contributed by atoms with Gasteiger partial charge < -0.3 is 0 Å². The summed E-state index contributed by atoms with van der Waals surface area (Å²) in [7, 11) is 0. The number of rotatable bonds is 7. The SMILES string of the molecule is CCCCCCn1nc(C(=O)Nc2nc3ccc(F)cc3s2)c2ccccc2c1=O. The number of nitrogens with one attached hydrogen (secondary N) is 1. The summed E-state index contributed by atoms with van der Waals surface area (Å²) in [6, 6.07) is 11.2. The summed E-state index contributed by atoms with van der Waals surface area (Å²) >= 11 is 1.19. The number of carbonyl (C=O) groups is 1. The summed E-state index contributed by atoms with van der Waals surface area (Å²) in [6.07, 6.45) is 4.01. The van der Waals surface area contributed by atoms with Crippen LogP contribution in [0, 0.1) is 5.82 Å². The zero-order chi connectivity index (χ0) is 21.1. The van der Waals surface area contributed by atoms with Crippen LogP contribution in [-0.2, 0) is 6.54 Å². The number of unbranched alkanes of at least 4 members (excludes halogenated alkanes) is 3. The number of amides is 1. The molecule has 0 atom stereocenters. The molecule has 1 N–H and O–H groups in total. The van der Waals surface area contributed by atoms with Gasteiger partial charge in [0.25, 0.3) is 11.5 Å². The van der Waals surface area contributed by atoms with Crippen molar-refractivity contribution < 1.29 is 9.18 Å². The molecular weight excluding hydrogens is 403 g/mol. The molecular formula is C22H21FN4O2S. The van der Waals surface area contributed by atoms with Crippen molar-refractivity contribution in [1.29, 1.82) is 0 Å².